The molecule has 1 aromatic carbocycles. The van der Waals surface area contributed by atoms with Gasteiger partial charge in [0, 0.05) is 30.7 Å². The lowest BCUT2D eigenvalue weighted by molar-refractivity contribution is 0.0373. The predicted molar refractivity (Wildman–Crippen MR) is 84.7 cm³/mol. The van der Waals surface area contributed by atoms with Gasteiger partial charge >= 0.3 is 0 Å². The predicted octanol–water partition coefficient (Wildman–Crippen LogP) is 3.23. The molecule has 3 nitrogen and oxygen atoms in total. The molecule has 0 radical (unpaired) electrons. The summed E-state index contributed by atoms with van der Waals surface area (Å²) in [6, 6.07) is 7.88. The molecule has 4 heteroatoms. The van der Waals surface area contributed by atoms with Gasteiger partial charge in [0.05, 0.1) is 12.2 Å². The summed E-state index contributed by atoms with van der Waals surface area (Å²) in [6.07, 6.45) is 0.959. The van der Waals surface area contributed by atoms with Crippen molar-refractivity contribution in [2.24, 2.45) is 5.92 Å². The van der Waals surface area contributed by atoms with Crippen LogP contribution in [0.3, 0.4) is 0 Å². The van der Waals surface area contributed by atoms with Gasteiger partial charge < -0.3 is 9.84 Å². The minimum atomic E-state index is -0.434. The van der Waals surface area contributed by atoms with Crippen LogP contribution in [0.1, 0.15) is 31.9 Å². The van der Waals surface area contributed by atoms with E-state index in [4.69, 9.17) is 4.74 Å². The largest absolute Gasteiger partial charge is 0.387 e. The molecule has 0 amide bonds. The van der Waals surface area contributed by atoms with Crippen molar-refractivity contribution in [2.75, 3.05) is 26.2 Å². The number of rotatable bonds is 6. The van der Waals surface area contributed by atoms with Gasteiger partial charge in [-0.15, -0.1) is 0 Å². The van der Waals surface area contributed by atoms with Crippen LogP contribution in [0, 0.1) is 5.92 Å². The Morgan fingerprint density at radius 2 is 2.25 bits per heavy atom. The molecule has 2 atom stereocenters. The Morgan fingerprint density at radius 1 is 1.45 bits per heavy atom. The lowest BCUT2D eigenvalue weighted by Crippen LogP contribution is -2.28. The first kappa shape index (κ1) is 16.0. The molecule has 0 bridgehead atoms. The number of hydrogen-bond donors (Lipinski definition) is 1. The Bertz CT molecular complexity index is 425. The molecule has 0 aliphatic carbocycles. The summed E-state index contributed by atoms with van der Waals surface area (Å²) in [5, 5.41) is 10.3. The summed E-state index contributed by atoms with van der Waals surface area (Å²) < 4.78 is 6.88. The van der Waals surface area contributed by atoms with Crippen LogP contribution in [-0.4, -0.2) is 42.4 Å². The Morgan fingerprint density at radius 3 is 2.95 bits per heavy atom. The lowest BCUT2D eigenvalue weighted by atomic mass is 10.1. The molecule has 1 heterocycles. The van der Waals surface area contributed by atoms with Crippen LogP contribution < -0.4 is 0 Å². The van der Waals surface area contributed by atoms with E-state index in [1.54, 1.807) is 0 Å². The quantitative estimate of drug-likeness (QED) is 0.862. The number of ether oxygens (including phenoxy) is 1. The van der Waals surface area contributed by atoms with Crippen molar-refractivity contribution in [1.82, 2.24) is 4.90 Å². The van der Waals surface area contributed by atoms with Crippen LogP contribution in [0.15, 0.2) is 28.7 Å². The molecule has 1 aliphatic heterocycles. The van der Waals surface area contributed by atoms with E-state index in [9.17, 15) is 5.11 Å². The highest BCUT2D eigenvalue weighted by atomic mass is 79.9. The number of benzene rings is 1. The summed E-state index contributed by atoms with van der Waals surface area (Å²) in [5.74, 6) is 0.580. The van der Waals surface area contributed by atoms with Gasteiger partial charge in [-0.3, -0.25) is 4.90 Å². The summed E-state index contributed by atoms with van der Waals surface area (Å²) in [5.41, 5.74) is 0.964. The normalized spacial score (nSPS) is 21.6. The molecular formula is C16H24BrNO2. The van der Waals surface area contributed by atoms with E-state index in [2.05, 4.69) is 34.7 Å². The molecule has 2 unspecified atom stereocenters. The molecule has 0 saturated carbocycles. The van der Waals surface area contributed by atoms with Crippen molar-refractivity contribution in [3.63, 3.8) is 0 Å². The van der Waals surface area contributed by atoms with Crippen LogP contribution in [0.2, 0.25) is 0 Å². The molecule has 2 rings (SSSR count). The van der Waals surface area contributed by atoms with Crippen molar-refractivity contribution in [2.45, 2.75) is 32.5 Å². The van der Waals surface area contributed by atoms with Crippen molar-refractivity contribution in [3.05, 3.63) is 34.3 Å². The zero-order valence-electron chi connectivity index (χ0n) is 12.3. The van der Waals surface area contributed by atoms with Gasteiger partial charge in [0.2, 0.25) is 0 Å². The van der Waals surface area contributed by atoms with Gasteiger partial charge in [-0.1, -0.05) is 41.9 Å². The molecule has 0 aromatic heterocycles. The van der Waals surface area contributed by atoms with Crippen molar-refractivity contribution in [3.8, 4) is 0 Å². The molecule has 0 spiro atoms. The zero-order chi connectivity index (χ0) is 14.5. The van der Waals surface area contributed by atoms with E-state index >= 15 is 0 Å². The maximum absolute atomic E-state index is 10.3. The third-order valence-electron chi connectivity index (χ3n) is 3.56. The Hall–Kier alpha value is -0.420. The second-order valence-corrected chi connectivity index (χ2v) is 6.88. The summed E-state index contributed by atoms with van der Waals surface area (Å²) in [7, 11) is 0. The van der Waals surface area contributed by atoms with Crippen molar-refractivity contribution < 1.29 is 9.84 Å². The topological polar surface area (TPSA) is 32.7 Å². The summed E-state index contributed by atoms with van der Waals surface area (Å²) in [6.45, 7) is 7.78. The summed E-state index contributed by atoms with van der Waals surface area (Å²) in [4.78, 5) is 2.29. The van der Waals surface area contributed by atoms with E-state index in [1.165, 1.54) is 0 Å². The van der Waals surface area contributed by atoms with E-state index in [-0.39, 0.29) is 0 Å². The molecule has 1 aliphatic rings. The average molecular weight is 342 g/mol. The van der Waals surface area contributed by atoms with Crippen LogP contribution in [0.4, 0.5) is 0 Å². The average Bonchev–Trinajstić information content (AvgIpc) is 2.84. The van der Waals surface area contributed by atoms with Crippen LogP contribution in [0.5, 0.6) is 0 Å². The minimum absolute atomic E-state index is 0.326. The molecule has 20 heavy (non-hydrogen) atoms. The third kappa shape index (κ3) is 4.85. The highest BCUT2D eigenvalue weighted by molar-refractivity contribution is 9.10. The fourth-order valence-electron chi connectivity index (χ4n) is 2.49. The molecule has 1 saturated heterocycles. The van der Waals surface area contributed by atoms with E-state index in [0.29, 0.717) is 18.6 Å². The second-order valence-electron chi connectivity index (χ2n) is 5.97. The highest BCUT2D eigenvalue weighted by Crippen LogP contribution is 2.21. The van der Waals surface area contributed by atoms with Crippen LogP contribution in [0.25, 0.3) is 0 Å². The number of aliphatic hydroxyl groups is 1. The number of β-amino-alcohol motifs (C(OH)–C–C–N with tert-alkyl or cyclic N) is 1. The second kappa shape index (κ2) is 7.55. The highest BCUT2D eigenvalue weighted by Gasteiger charge is 2.25. The molecular weight excluding hydrogens is 318 g/mol. The first-order valence-corrected chi connectivity index (χ1v) is 8.11. The van der Waals surface area contributed by atoms with Crippen molar-refractivity contribution >= 4 is 15.9 Å². The maximum Gasteiger partial charge on any atom is 0.0917 e. The third-order valence-corrected chi connectivity index (χ3v) is 4.05. The number of nitrogens with zero attached hydrogens (tertiary/aromatic N) is 1. The van der Waals surface area contributed by atoms with Gasteiger partial charge in [-0.2, -0.15) is 0 Å². The molecule has 1 N–H and O–H groups in total. The summed E-state index contributed by atoms with van der Waals surface area (Å²) >= 11 is 3.44. The molecule has 112 valence electrons. The van der Waals surface area contributed by atoms with Gasteiger partial charge in [0.1, 0.15) is 0 Å². The van der Waals surface area contributed by atoms with E-state index in [1.807, 2.05) is 24.3 Å². The van der Waals surface area contributed by atoms with Gasteiger partial charge in [-0.25, -0.2) is 0 Å². The van der Waals surface area contributed by atoms with Gasteiger partial charge in [0.15, 0.2) is 0 Å². The van der Waals surface area contributed by atoms with Crippen LogP contribution in [-0.2, 0) is 4.74 Å². The smallest absolute Gasteiger partial charge is 0.0917 e. The SMILES string of the molecule is CC(C)COC1CCN(CC(O)c2cccc(Br)c2)C1. The number of aliphatic hydroxyl groups excluding tert-OH is 1. The molecule has 1 aromatic rings. The van der Waals surface area contributed by atoms with E-state index < -0.39 is 6.10 Å². The lowest BCUT2D eigenvalue weighted by Gasteiger charge is -2.20. The number of likely N-dealkylation sites (tertiary alicyclic amines) is 1. The number of hydrogen-bond acceptors (Lipinski definition) is 3. The number of halogens is 1. The zero-order valence-corrected chi connectivity index (χ0v) is 13.8. The first-order valence-electron chi connectivity index (χ1n) is 7.32. The fourth-order valence-corrected chi connectivity index (χ4v) is 2.91. The van der Waals surface area contributed by atoms with Crippen molar-refractivity contribution in [1.29, 1.82) is 0 Å². The monoisotopic (exact) mass is 341 g/mol. The molecule has 1 fully saturated rings. The first-order chi connectivity index (χ1) is 9.54. The Balaban J connectivity index is 1.80. The van der Waals surface area contributed by atoms with Gasteiger partial charge in [-0.05, 0) is 30.0 Å². The standard InChI is InChI=1S/C16H24BrNO2/c1-12(2)11-20-15-6-7-18(9-15)10-16(19)13-4-3-5-14(17)8-13/h3-5,8,12,15-16,19H,6-7,9-11H2,1-2H3. The van der Waals surface area contributed by atoms with Gasteiger partial charge in [0.25, 0.3) is 0 Å². The Labute approximate surface area is 130 Å². The minimum Gasteiger partial charge on any atom is -0.387 e. The van der Waals surface area contributed by atoms with Crippen LogP contribution >= 0.6 is 15.9 Å². The Kier molecular flexibility index (Phi) is 6.02. The maximum atomic E-state index is 10.3. The fraction of sp³-hybridized carbons (Fsp3) is 0.625. The van der Waals surface area contributed by atoms with E-state index in [0.717, 1.165) is 36.2 Å².